The first kappa shape index (κ1) is 15.9. The Kier molecular flexibility index (Phi) is 3.60. The Morgan fingerprint density at radius 2 is 1.74 bits per heavy atom. The molecule has 3 aromatic heterocycles. The fourth-order valence-corrected chi connectivity index (χ4v) is 3.06. The third kappa shape index (κ3) is 2.91. The predicted octanol–water partition coefficient (Wildman–Crippen LogP) is 3.40. The van der Waals surface area contributed by atoms with Crippen LogP contribution in [0.25, 0.3) is 23.0 Å². The zero-order chi connectivity index (χ0) is 18.4. The molecule has 27 heavy (non-hydrogen) atoms. The molecule has 0 amide bonds. The summed E-state index contributed by atoms with van der Waals surface area (Å²) in [5, 5.41) is 12.5. The second kappa shape index (κ2) is 6.12. The SMILES string of the molecule is Cc1ccc(-n2nc(C3CC3)nc2-c2cccc(-n3cnnc3)n2)cc1C. The molecule has 7 heteroatoms. The van der Waals surface area contributed by atoms with E-state index in [1.165, 1.54) is 11.1 Å². The van der Waals surface area contributed by atoms with Gasteiger partial charge in [-0.05, 0) is 62.1 Å². The van der Waals surface area contributed by atoms with Crippen molar-refractivity contribution in [2.45, 2.75) is 32.6 Å². The van der Waals surface area contributed by atoms with E-state index in [1.54, 1.807) is 17.2 Å². The van der Waals surface area contributed by atoms with Crippen LogP contribution in [0, 0.1) is 13.8 Å². The summed E-state index contributed by atoms with van der Waals surface area (Å²) in [6.07, 6.45) is 5.58. The summed E-state index contributed by atoms with van der Waals surface area (Å²) in [7, 11) is 0. The molecule has 1 fully saturated rings. The first-order valence-electron chi connectivity index (χ1n) is 9.06. The van der Waals surface area contributed by atoms with Crippen LogP contribution in [0.15, 0.2) is 49.1 Å². The summed E-state index contributed by atoms with van der Waals surface area (Å²) in [5.41, 5.74) is 4.27. The van der Waals surface area contributed by atoms with Crippen molar-refractivity contribution in [2.24, 2.45) is 0 Å². The van der Waals surface area contributed by atoms with Gasteiger partial charge in [-0.15, -0.1) is 10.2 Å². The van der Waals surface area contributed by atoms with Gasteiger partial charge < -0.3 is 0 Å². The van der Waals surface area contributed by atoms with Crippen molar-refractivity contribution in [3.8, 4) is 23.0 Å². The smallest absolute Gasteiger partial charge is 0.181 e. The van der Waals surface area contributed by atoms with E-state index in [1.807, 2.05) is 22.9 Å². The molecule has 0 saturated heterocycles. The molecule has 134 valence electrons. The monoisotopic (exact) mass is 357 g/mol. The Bertz CT molecular complexity index is 1110. The van der Waals surface area contributed by atoms with Crippen LogP contribution >= 0.6 is 0 Å². The Morgan fingerprint density at radius 3 is 2.48 bits per heavy atom. The molecule has 0 bridgehead atoms. The third-order valence-corrected chi connectivity index (χ3v) is 4.95. The van der Waals surface area contributed by atoms with Gasteiger partial charge in [-0.3, -0.25) is 4.57 Å². The molecule has 0 N–H and O–H groups in total. The second-order valence-corrected chi connectivity index (χ2v) is 7.00. The predicted molar refractivity (Wildman–Crippen MR) is 101 cm³/mol. The molecule has 0 radical (unpaired) electrons. The fourth-order valence-electron chi connectivity index (χ4n) is 3.06. The first-order chi connectivity index (χ1) is 13.2. The van der Waals surface area contributed by atoms with Crippen LogP contribution in [0.4, 0.5) is 0 Å². The molecular formula is C20H19N7. The van der Waals surface area contributed by atoms with Crippen LogP contribution in [-0.4, -0.2) is 34.5 Å². The summed E-state index contributed by atoms with van der Waals surface area (Å²) < 4.78 is 3.69. The first-order valence-corrected chi connectivity index (χ1v) is 9.06. The minimum Gasteiger partial charge on any atom is -0.272 e. The molecule has 1 saturated carbocycles. The highest BCUT2D eigenvalue weighted by atomic mass is 15.4. The van der Waals surface area contributed by atoms with Crippen LogP contribution in [0.1, 0.15) is 35.7 Å². The highest BCUT2D eigenvalue weighted by Gasteiger charge is 2.30. The summed E-state index contributed by atoms with van der Waals surface area (Å²) >= 11 is 0. The van der Waals surface area contributed by atoms with Gasteiger partial charge in [0.15, 0.2) is 11.6 Å². The van der Waals surface area contributed by atoms with E-state index in [2.05, 4.69) is 42.2 Å². The number of nitrogens with zero attached hydrogens (tertiary/aromatic N) is 7. The van der Waals surface area contributed by atoms with E-state index >= 15 is 0 Å². The van der Waals surface area contributed by atoms with Gasteiger partial charge in [-0.25, -0.2) is 14.6 Å². The van der Waals surface area contributed by atoms with E-state index in [9.17, 15) is 0 Å². The zero-order valence-electron chi connectivity index (χ0n) is 15.2. The molecule has 4 aromatic rings. The van der Waals surface area contributed by atoms with Crippen molar-refractivity contribution in [3.63, 3.8) is 0 Å². The van der Waals surface area contributed by atoms with Crippen LogP contribution < -0.4 is 0 Å². The highest BCUT2D eigenvalue weighted by molar-refractivity contribution is 5.56. The molecule has 1 aliphatic carbocycles. The second-order valence-electron chi connectivity index (χ2n) is 7.00. The van der Waals surface area contributed by atoms with Gasteiger partial charge in [0.05, 0.1) is 5.69 Å². The van der Waals surface area contributed by atoms with Gasteiger partial charge in [0, 0.05) is 5.92 Å². The highest BCUT2D eigenvalue weighted by Crippen LogP contribution is 2.39. The minimum atomic E-state index is 0.470. The summed E-state index contributed by atoms with van der Waals surface area (Å²) in [4.78, 5) is 9.61. The number of benzene rings is 1. The number of aromatic nitrogens is 7. The Hall–Kier alpha value is -3.35. The van der Waals surface area contributed by atoms with Gasteiger partial charge in [-0.1, -0.05) is 12.1 Å². The zero-order valence-corrected chi connectivity index (χ0v) is 15.2. The molecule has 0 spiro atoms. The molecule has 0 atom stereocenters. The van der Waals surface area contributed by atoms with Crippen molar-refractivity contribution < 1.29 is 0 Å². The van der Waals surface area contributed by atoms with E-state index < -0.39 is 0 Å². The van der Waals surface area contributed by atoms with Crippen molar-refractivity contribution in [1.82, 2.24) is 34.5 Å². The van der Waals surface area contributed by atoms with Gasteiger partial charge in [0.2, 0.25) is 0 Å². The summed E-state index contributed by atoms with van der Waals surface area (Å²) in [6, 6.07) is 12.2. The molecule has 1 aliphatic rings. The van der Waals surface area contributed by atoms with E-state index in [-0.39, 0.29) is 0 Å². The Morgan fingerprint density at radius 1 is 0.926 bits per heavy atom. The molecular weight excluding hydrogens is 338 g/mol. The average molecular weight is 357 g/mol. The number of rotatable bonds is 4. The number of pyridine rings is 1. The Labute approximate surface area is 156 Å². The van der Waals surface area contributed by atoms with Gasteiger partial charge >= 0.3 is 0 Å². The maximum atomic E-state index is 4.84. The lowest BCUT2D eigenvalue weighted by atomic mass is 10.1. The lowest BCUT2D eigenvalue weighted by molar-refractivity contribution is 0.835. The fraction of sp³-hybridized carbons (Fsp3) is 0.250. The molecule has 5 rings (SSSR count). The maximum Gasteiger partial charge on any atom is 0.181 e. The number of hydrogen-bond donors (Lipinski definition) is 0. The van der Waals surface area contributed by atoms with Gasteiger partial charge in [-0.2, -0.15) is 5.10 Å². The standard InChI is InChI=1S/C20H19N7/c1-13-6-9-16(10-14(13)2)27-20(24-19(25-27)15-7-8-15)17-4-3-5-18(23-17)26-11-21-22-12-26/h3-6,9-12,15H,7-8H2,1-2H3. The van der Waals surface area contributed by atoms with Crippen LogP contribution in [0.3, 0.4) is 0 Å². The van der Waals surface area contributed by atoms with Gasteiger partial charge in [0.1, 0.15) is 24.2 Å². The average Bonchev–Trinajstić information content (AvgIpc) is 3.21. The largest absolute Gasteiger partial charge is 0.272 e. The van der Waals surface area contributed by atoms with Crippen molar-refractivity contribution in [2.75, 3.05) is 0 Å². The number of hydrogen-bond acceptors (Lipinski definition) is 5. The third-order valence-electron chi connectivity index (χ3n) is 4.95. The molecule has 0 unspecified atom stereocenters. The van der Waals surface area contributed by atoms with Crippen LogP contribution in [-0.2, 0) is 0 Å². The van der Waals surface area contributed by atoms with Crippen LogP contribution in [0.5, 0.6) is 0 Å². The molecule has 0 aliphatic heterocycles. The van der Waals surface area contributed by atoms with Crippen molar-refractivity contribution >= 4 is 0 Å². The maximum absolute atomic E-state index is 4.84. The van der Waals surface area contributed by atoms with E-state index in [4.69, 9.17) is 15.1 Å². The van der Waals surface area contributed by atoms with Crippen molar-refractivity contribution in [1.29, 1.82) is 0 Å². The molecule has 1 aromatic carbocycles. The molecule has 3 heterocycles. The van der Waals surface area contributed by atoms with Crippen molar-refractivity contribution in [3.05, 3.63) is 66.0 Å². The lowest BCUT2D eigenvalue weighted by Crippen LogP contribution is -2.03. The summed E-state index contributed by atoms with van der Waals surface area (Å²) in [6.45, 7) is 4.23. The quantitative estimate of drug-likeness (QED) is 0.559. The normalized spacial score (nSPS) is 13.9. The van der Waals surface area contributed by atoms with Crippen LogP contribution in [0.2, 0.25) is 0 Å². The van der Waals surface area contributed by atoms with E-state index in [0.29, 0.717) is 5.92 Å². The number of aryl methyl sites for hydroxylation is 2. The Balaban J connectivity index is 1.65. The molecule has 7 nitrogen and oxygen atoms in total. The lowest BCUT2D eigenvalue weighted by Gasteiger charge is -2.09. The summed E-state index contributed by atoms with van der Waals surface area (Å²) in [5.74, 6) is 2.88. The topological polar surface area (TPSA) is 74.3 Å². The van der Waals surface area contributed by atoms with E-state index in [0.717, 1.165) is 41.7 Å². The minimum absolute atomic E-state index is 0.470. The van der Waals surface area contributed by atoms with Gasteiger partial charge in [0.25, 0.3) is 0 Å².